The van der Waals surface area contributed by atoms with E-state index in [-0.39, 0.29) is 5.91 Å². The monoisotopic (exact) mass is 268 g/mol. The second-order valence-corrected chi connectivity index (χ2v) is 4.31. The van der Waals surface area contributed by atoms with E-state index in [0.29, 0.717) is 11.3 Å². The van der Waals surface area contributed by atoms with Gasteiger partial charge in [-0.3, -0.25) is 4.79 Å². The smallest absolute Gasteiger partial charge is 0.271 e. The highest BCUT2D eigenvalue weighted by atomic mass is 16.5. The van der Waals surface area contributed by atoms with Crippen LogP contribution in [0.1, 0.15) is 21.5 Å². The summed E-state index contributed by atoms with van der Waals surface area (Å²) >= 11 is 0. The van der Waals surface area contributed by atoms with Crippen LogP contribution in [0.25, 0.3) is 0 Å². The molecule has 0 saturated carbocycles. The van der Waals surface area contributed by atoms with Crippen LogP contribution in [0.2, 0.25) is 0 Å². The lowest BCUT2D eigenvalue weighted by atomic mass is 10.1. The van der Waals surface area contributed by atoms with Gasteiger partial charge >= 0.3 is 0 Å². The van der Waals surface area contributed by atoms with Gasteiger partial charge in [-0.1, -0.05) is 29.8 Å². The topological polar surface area (TPSA) is 50.7 Å². The lowest BCUT2D eigenvalue weighted by Gasteiger charge is -2.03. The van der Waals surface area contributed by atoms with Gasteiger partial charge in [-0.15, -0.1) is 0 Å². The van der Waals surface area contributed by atoms with E-state index in [1.807, 2.05) is 49.4 Å². The number of rotatable bonds is 4. The van der Waals surface area contributed by atoms with Gasteiger partial charge in [0.1, 0.15) is 5.75 Å². The van der Waals surface area contributed by atoms with Gasteiger partial charge in [0, 0.05) is 11.1 Å². The highest BCUT2D eigenvalue weighted by Crippen LogP contribution is 2.14. The first-order valence-corrected chi connectivity index (χ1v) is 6.24. The molecule has 0 saturated heterocycles. The molecule has 4 nitrogen and oxygen atoms in total. The Morgan fingerprint density at radius 1 is 1.20 bits per heavy atom. The standard InChI is InChI=1S/C16H16N2O2/c1-12-6-5-8-13(10-12)16(19)18-17-11-14-7-3-4-9-15(14)20-2/h3-11H,1-2H3,(H,18,19). The number of hydrogen-bond donors (Lipinski definition) is 1. The highest BCUT2D eigenvalue weighted by molar-refractivity contribution is 5.95. The third-order valence-corrected chi connectivity index (χ3v) is 2.79. The lowest BCUT2D eigenvalue weighted by Crippen LogP contribution is -2.17. The van der Waals surface area contributed by atoms with E-state index in [0.717, 1.165) is 11.1 Å². The zero-order valence-electron chi connectivity index (χ0n) is 11.5. The molecule has 0 radical (unpaired) electrons. The number of methoxy groups -OCH3 is 1. The molecule has 0 unspecified atom stereocenters. The van der Waals surface area contributed by atoms with Crippen molar-refractivity contribution in [1.29, 1.82) is 0 Å². The van der Waals surface area contributed by atoms with Crippen LogP contribution in [0.15, 0.2) is 53.6 Å². The number of hydrogen-bond acceptors (Lipinski definition) is 3. The molecule has 0 bridgehead atoms. The van der Waals surface area contributed by atoms with Gasteiger partial charge in [0.15, 0.2) is 0 Å². The Morgan fingerprint density at radius 3 is 2.75 bits per heavy atom. The molecular formula is C16H16N2O2. The van der Waals surface area contributed by atoms with Gasteiger partial charge in [0.25, 0.3) is 5.91 Å². The molecule has 0 atom stereocenters. The van der Waals surface area contributed by atoms with Gasteiger partial charge in [-0.2, -0.15) is 5.10 Å². The zero-order valence-corrected chi connectivity index (χ0v) is 11.5. The normalized spacial score (nSPS) is 10.5. The first kappa shape index (κ1) is 13.8. The number of ether oxygens (including phenoxy) is 1. The number of carbonyl (C=O) groups excluding carboxylic acids is 1. The fourth-order valence-corrected chi connectivity index (χ4v) is 1.78. The van der Waals surface area contributed by atoms with E-state index in [4.69, 9.17) is 4.74 Å². The highest BCUT2D eigenvalue weighted by Gasteiger charge is 2.03. The second-order valence-electron chi connectivity index (χ2n) is 4.31. The van der Waals surface area contributed by atoms with Gasteiger partial charge < -0.3 is 4.74 Å². The number of carbonyl (C=O) groups is 1. The molecule has 0 aliphatic heterocycles. The number of amides is 1. The summed E-state index contributed by atoms with van der Waals surface area (Å²) in [5.41, 5.74) is 4.93. The van der Waals surface area contributed by atoms with Crippen molar-refractivity contribution in [2.75, 3.05) is 7.11 Å². The number of benzene rings is 2. The van der Waals surface area contributed by atoms with Crippen LogP contribution >= 0.6 is 0 Å². The van der Waals surface area contributed by atoms with E-state index in [1.54, 1.807) is 19.4 Å². The minimum atomic E-state index is -0.236. The molecule has 2 aromatic carbocycles. The van der Waals surface area contributed by atoms with E-state index in [1.165, 1.54) is 0 Å². The van der Waals surface area contributed by atoms with Crippen LogP contribution in [0.4, 0.5) is 0 Å². The molecule has 0 aliphatic rings. The summed E-state index contributed by atoms with van der Waals surface area (Å²) in [4.78, 5) is 11.9. The van der Waals surface area contributed by atoms with E-state index in [9.17, 15) is 4.79 Å². The van der Waals surface area contributed by atoms with Gasteiger partial charge in [0.05, 0.1) is 13.3 Å². The quantitative estimate of drug-likeness (QED) is 0.684. The summed E-state index contributed by atoms with van der Waals surface area (Å²) in [5.74, 6) is 0.473. The van der Waals surface area contributed by atoms with Crippen molar-refractivity contribution in [3.05, 3.63) is 65.2 Å². The molecule has 2 rings (SSSR count). The average Bonchev–Trinajstić information content (AvgIpc) is 2.47. The van der Waals surface area contributed by atoms with Crippen LogP contribution in [0.5, 0.6) is 5.75 Å². The first-order chi connectivity index (χ1) is 9.70. The van der Waals surface area contributed by atoms with Crippen molar-refractivity contribution in [3.8, 4) is 5.75 Å². The van der Waals surface area contributed by atoms with Crippen molar-refractivity contribution in [3.63, 3.8) is 0 Å². The number of nitrogens with zero attached hydrogens (tertiary/aromatic N) is 1. The molecule has 1 amide bonds. The van der Waals surface area contributed by atoms with Crippen molar-refractivity contribution >= 4 is 12.1 Å². The van der Waals surface area contributed by atoms with E-state index < -0.39 is 0 Å². The maximum atomic E-state index is 11.9. The molecule has 1 N–H and O–H groups in total. The minimum Gasteiger partial charge on any atom is -0.496 e. The van der Waals surface area contributed by atoms with Crippen LogP contribution in [0, 0.1) is 6.92 Å². The summed E-state index contributed by atoms with van der Waals surface area (Å²) in [6, 6.07) is 14.8. The third kappa shape index (κ3) is 3.45. The first-order valence-electron chi connectivity index (χ1n) is 6.24. The maximum Gasteiger partial charge on any atom is 0.271 e. The Kier molecular flexibility index (Phi) is 4.50. The Labute approximate surface area is 118 Å². The van der Waals surface area contributed by atoms with E-state index >= 15 is 0 Å². The van der Waals surface area contributed by atoms with Crippen LogP contribution < -0.4 is 10.2 Å². The van der Waals surface area contributed by atoms with Gasteiger partial charge in [0.2, 0.25) is 0 Å². The zero-order chi connectivity index (χ0) is 14.4. The van der Waals surface area contributed by atoms with Gasteiger partial charge in [-0.25, -0.2) is 5.43 Å². The van der Waals surface area contributed by atoms with Crippen molar-refractivity contribution in [1.82, 2.24) is 5.43 Å². The summed E-state index contributed by atoms with van der Waals surface area (Å²) in [6.45, 7) is 1.94. The number of para-hydroxylation sites is 1. The van der Waals surface area contributed by atoms with Crippen LogP contribution in [-0.4, -0.2) is 19.2 Å². The second kappa shape index (κ2) is 6.52. The molecule has 0 heterocycles. The predicted octanol–water partition coefficient (Wildman–Crippen LogP) is 2.77. The minimum absolute atomic E-state index is 0.236. The summed E-state index contributed by atoms with van der Waals surface area (Å²) in [5, 5.41) is 3.95. The van der Waals surface area contributed by atoms with Crippen LogP contribution in [0.3, 0.4) is 0 Å². The molecule has 20 heavy (non-hydrogen) atoms. The number of aryl methyl sites for hydroxylation is 1. The Morgan fingerprint density at radius 2 is 2.00 bits per heavy atom. The maximum absolute atomic E-state index is 11.9. The average molecular weight is 268 g/mol. The number of hydrazone groups is 1. The molecule has 102 valence electrons. The van der Waals surface area contributed by atoms with Gasteiger partial charge in [-0.05, 0) is 31.2 Å². The fourth-order valence-electron chi connectivity index (χ4n) is 1.78. The lowest BCUT2D eigenvalue weighted by molar-refractivity contribution is 0.0955. The molecular weight excluding hydrogens is 252 g/mol. The molecule has 0 spiro atoms. The largest absolute Gasteiger partial charge is 0.496 e. The van der Waals surface area contributed by atoms with Crippen molar-refractivity contribution in [2.24, 2.45) is 5.10 Å². The fraction of sp³-hybridized carbons (Fsp3) is 0.125. The predicted molar refractivity (Wildman–Crippen MR) is 79.2 cm³/mol. The Balaban J connectivity index is 2.05. The molecule has 0 aromatic heterocycles. The Hall–Kier alpha value is -2.62. The molecule has 4 heteroatoms. The summed E-state index contributed by atoms with van der Waals surface area (Å²) in [7, 11) is 1.60. The molecule has 0 aliphatic carbocycles. The van der Waals surface area contributed by atoms with E-state index in [2.05, 4.69) is 10.5 Å². The Bertz CT molecular complexity index is 636. The third-order valence-electron chi connectivity index (χ3n) is 2.79. The van der Waals surface area contributed by atoms with Crippen molar-refractivity contribution in [2.45, 2.75) is 6.92 Å². The SMILES string of the molecule is COc1ccccc1C=NNC(=O)c1cccc(C)c1. The summed E-state index contributed by atoms with van der Waals surface area (Å²) in [6.07, 6.45) is 1.56. The number of nitrogens with one attached hydrogen (secondary N) is 1. The van der Waals surface area contributed by atoms with Crippen molar-refractivity contribution < 1.29 is 9.53 Å². The molecule has 0 fully saturated rings. The van der Waals surface area contributed by atoms with Crippen LogP contribution in [-0.2, 0) is 0 Å². The molecule has 2 aromatic rings. The summed E-state index contributed by atoms with van der Waals surface area (Å²) < 4.78 is 5.20.